The molecule has 1 N–H and O–H groups in total. The molecule has 21 heavy (non-hydrogen) atoms. The summed E-state index contributed by atoms with van der Waals surface area (Å²) >= 11 is 5.02. The molecule has 0 amide bonds. The first-order valence-corrected chi connectivity index (χ1v) is 9.00. The fourth-order valence-electron chi connectivity index (χ4n) is 2.29. The average molecular weight is 368 g/mol. The van der Waals surface area contributed by atoms with Gasteiger partial charge in [0.05, 0.1) is 10.5 Å². The Bertz CT molecular complexity index is 603. The molecule has 1 nitrogen and oxygen atoms in total. The minimum atomic E-state index is -0.230. The van der Waals surface area contributed by atoms with E-state index in [2.05, 4.69) is 46.6 Å². The molecule has 0 saturated heterocycles. The van der Waals surface area contributed by atoms with Crippen LogP contribution in [0.2, 0.25) is 0 Å². The molecule has 0 aliphatic heterocycles. The zero-order valence-corrected chi connectivity index (χ0v) is 14.6. The fraction of sp³-hybridized carbons (Fsp3) is 0.294. The summed E-state index contributed by atoms with van der Waals surface area (Å²) in [5.41, 5.74) is 2.30. The van der Waals surface area contributed by atoms with E-state index in [0.717, 1.165) is 18.5 Å². The molecule has 0 aliphatic rings. The number of thioether (sulfide) groups is 1. The van der Waals surface area contributed by atoms with Crippen molar-refractivity contribution < 1.29 is 4.39 Å². The van der Waals surface area contributed by atoms with Crippen LogP contribution < -0.4 is 5.32 Å². The second-order valence-corrected chi connectivity index (χ2v) is 6.51. The van der Waals surface area contributed by atoms with Crippen molar-refractivity contribution in [3.05, 3.63) is 63.9 Å². The highest BCUT2D eigenvalue weighted by Crippen LogP contribution is 2.31. The van der Waals surface area contributed by atoms with E-state index in [1.165, 1.54) is 16.5 Å². The average Bonchev–Trinajstić information content (AvgIpc) is 2.51. The number of nitrogens with one attached hydrogen (secondary N) is 1. The minimum Gasteiger partial charge on any atom is -0.306 e. The topological polar surface area (TPSA) is 12.0 Å². The number of benzene rings is 2. The van der Waals surface area contributed by atoms with Crippen LogP contribution in [-0.4, -0.2) is 12.8 Å². The van der Waals surface area contributed by atoms with Gasteiger partial charge in [0.25, 0.3) is 0 Å². The summed E-state index contributed by atoms with van der Waals surface area (Å²) in [6.07, 6.45) is 3.14. The van der Waals surface area contributed by atoms with Crippen molar-refractivity contribution in [2.75, 3.05) is 12.8 Å². The molecule has 0 aromatic heterocycles. The normalized spacial score (nSPS) is 12.4. The Kier molecular flexibility index (Phi) is 6.27. The van der Waals surface area contributed by atoms with Gasteiger partial charge in [0.2, 0.25) is 0 Å². The van der Waals surface area contributed by atoms with E-state index >= 15 is 0 Å². The van der Waals surface area contributed by atoms with Gasteiger partial charge in [-0.15, -0.1) is 11.8 Å². The van der Waals surface area contributed by atoms with E-state index in [0.29, 0.717) is 4.47 Å². The maximum Gasteiger partial charge on any atom is 0.137 e. The number of hydrogen-bond acceptors (Lipinski definition) is 2. The van der Waals surface area contributed by atoms with Gasteiger partial charge in [-0.2, -0.15) is 0 Å². The standard InChI is InChI=1S/C17H19BrFNS/c1-3-10-20-17(12-8-9-15(19)14(18)11-12)13-6-4-5-7-16(13)21-2/h4-9,11,17,20H,3,10H2,1-2H3. The minimum absolute atomic E-state index is 0.0745. The molecule has 2 rings (SSSR count). The van der Waals surface area contributed by atoms with Crippen molar-refractivity contribution in [2.45, 2.75) is 24.3 Å². The highest BCUT2D eigenvalue weighted by molar-refractivity contribution is 9.10. The molecule has 112 valence electrons. The zero-order chi connectivity index (χ0) is 15.2. The molecule has 0 bridgehead atoms. The molecule has 0 radical (unpaired) electrons. The van der Waals surface area contributed by atoms with E-state index in [-0.39, 0.29) is 11.9 Å². The van der Waals surface area contributed by atoms with Gasteiger partial charge in [0.15, 0.2) is 0 Å². The Hall–Kier alpha value is -0.840. The molecule has 1 unspecified atom stereocenters. The van der Waals surface area contributed by atoms with Crippen molar-refractivity contribution in [1.29, 1.82) is 0 Å². The van der Waals surface area contributed by atoms with E-state index in [1.807, 2.05) is 24.3 Å². The van der Waals surface area contributed by atoms with E-state index in [4.69, 9.17) is 0 Å². The van der Waals surface area contributed by atoms with Crippen LogP contribution >= 0.6 is 27.7 Å². The summed E-state index contributed by atoms with van der Waals surface area (Å²) in [7, 11) is 0. The molecule has 0 spiro atoms. The molecule has 4 heteroatoms. The molecule has 0 aliphatic carbocycles. The SMILES string of the molecule is CCCNC(c1ccc(F)c(Br)c1)c1ccccc1SC. The van der Waals surface area contributed by atoms with Gasteiger partial charge in [0, 0.05) is 4.90 Å². The summed E-state index contributed by atoms with van der Waals surface area (Å²) in [6.45, 7) is 3.06. The summed E-state index contributed by atoms with van der Waals surface area (Å²) in [4.78, 5) is 1.24. The van der Waals surface area contributed by atoms with Gasteiger partial charge >= 0.3 is 0 Å². The Morgan fingerprint density at radius 2 is 2.00 bits per heavy atom. The summed E-state index contributed by atoms with van der Waals surface area (Å²) < 4.78 is 14.0. The van der Waals surface area contributed by atoms with Gasteiger partial charge in [0.1, 0.15) is 5.82 Å². The Morgan fingerprint density at radius 3 is 2.67 bits per heavy atom. The van der Waals surface area contributed by atoms with Crippen LogP contribution in [0.25, 0.3) is 0 Å². The largest absolute Gasteiger partial charge is 0.306 e. The lowest BCUT2D eigenvalue weighted by molar-refractivity contribution is 0.585. The van der Waals surface area contributed by atoms with Crippen LogP contribution in [0.1, 0.15) is 30.5 Å². The molecule has 2 aromatic rings. The van der Waals surface area contributed by atoms with Crippen LogP contribution in [0.15, 0.2) is 51.8 Å². The number of hydrogen-bond donors (Lipinski definition) is 1. The van der Waals surface area contributed by atoms with E-state index in [1.54, 1.807) is 11.8 Å². The lowest BCUT2D eigenvalue weighted by atomic mass is 9.98. The molecule has 2 aromatic carbocycles. The first-order valence-electron chi connectivity index (χ1n) is 6.98. The monoisotopic (exact) mass is 367 g/mol. The molecule has 1 atom stereocenters. The smallest absolute Gasteiger partial charge is 0.137 e. The van der Waals surface area contributed by atoms with Crippen molar-refractivity contribution in [3.63, 3.8) is 0 Å². The fourth-order valence-corrected chi connectivity index (χ4v) is 3.33. The summed E-state index contributed by atoms with van der Waals surface area (Å²) in [5, 5.41) is 3.57. The van der Waals surface area contributed by atoms with Gasteiger partial charge in [-0.25, -0.2) is 4.39 Å². The summed E-state index contributed by atoms with van der Waals surface area (Å²) in [6, 6.07) is 13.7. The van der Waals surface area contributed by atoms with Crippen LogP contribution in [0.4, 0.5) is 4.39 Å². The Labute approximate surface area is 138 Å². The van der Waals surface area contributed by atoms with Crippen LogP contribution in [0.5, 0.6) is 0 Å². The predicted octanol–water partition coefficient (Wildman–Crippen LogP) is 5.40. The van der Waals surface area contributed by atoms with E-state index < -0.39 is 0 Å². The zero-order valence-electron chi connectivity index (χ0n) is 12.2. The third-order valence-electron chi connectivity index (χ3n) is 3.33. The second kappa shape index (κ2) is 7.97. The lowest BCUT2D eigenvalue weighted by Gasteiger charge is -2.22. The van der Waals surface area contributed by atoms with Crippen molar-refractivity contribution >= 4 is 27.7 Å². The third-order valence-corrected chi connectivity index (χ3v) is 4.74. The van der Waals surface area contributed by atoms with Gasteiger partial charge in [-0.1, -0.05) is 31.2 Å². The molecular weight excluding hydrogens is 349 g/mol. The third kappa shape index (κ3) is 4.09. The van der Waals surface area contributed by atoms with Crippen LogP contribution in [-0.2, 0) is 0 Å². The van der Waals surface area contributed by atoms with Gasteiger partial charge in [-0.05, 0) is 64.5 Å². The van der Waals surface area contributed by atoms with Crippen LogP contribution in [0.3, 0.4) is 0 Å². The predicted molar refractivity (Wildman–Crippen MR) is 92.5 cm³/mol. The van der Waals surface area contributed by atoms with Crippen molar-refractivity contribution in [2.24, 2.45) is 0 Å². The highest BCUT2D eigenvalue weighted by Gasteiger charge is 2.17. The van der Waals surface area contributed by atoms with Crippen molar-refractivity contribution in [3.8, 4) is 0 Å². The quantitative estimate of drug-likeness (QED) is 0.686. The number of halogens is 2. The van der Waals surface area contributed by atoms with Crippen molar-refractivity contribution in [1.82, 2.24) is 5.32 Å². The Balaban J connectivity index is 2.44. The molecule has 0 saturated carbocycles. The second-order valence-electron chi connectivity index (χ2n) is 4.80. The molecule has 0 heterocycles. The maximum atomic E-state index is 13.5. The van der Waals surface area contributed by atoms with E-state index in [9.17, 15) is 4.39 Å². The van der Waals surface area contributed by atoms with Crippen LogP contribution in [0, 0.1) is 5.82 Å². The Morgan fingerprint density at radius 1 is 1.24 bits per heavy atom. The summed E-state index contributed by atoms with van der Waals surface area (Å²) in [5.74, 6) is -0.230. The van der Waals surface area contributed by atoms with Gasteiger partial charge in [-0.3, -0.25) is 0 Å². The molecular formula is C17H19BrFNS. The van der Waals surface area contributed by atoms with Gasteiger partial charge < -0.3 is 5.32 Å². The maximum absolute atomic E-state index is 13.5. The molecule has 0 fully saturated rings. The highest BCUT2D eigenvalue weighted by atomic mass is 79.9. The number of rotatable bonds is 6. The first-order chi connectivity index (χ1) is 10.2. The lowest BCUT2D eigenvalue weighted by Crippen LogP contribution is -2.23. The first kappa shape index (κ1) is 16.5.